The van der Waals surface area contributed by atoms with Crippen LogP contribution in [0.15, 0.2) is 0 Å². The van der Waals surface area contributed by atoms with Gasteiger partial charge in [0, 0.05) is 23.8 Å². The summed E-state index contributed by atoms with van der Waals surface area (Å²) in [5, 5.41) is 0. The number of aryl methyl sites for hydroxylation is 1. The van der Waals surface area contributed by atoms with Crippen LogP contribution < -0.4 is 0 Å². The van der Waals surface area contributed by atoms with Gasteiger partial charge in [-0.1, -0.05) is 12.2 Å². The third kappa shape index (κ3) is 1.72. The van der Waals surface area contributed by atoms with Crippen LogP contribution in [0.5, 0.6) is 0 Å². The van der Waals surface area contributed by atoms with Gasteiger partial charge in [-0.2, -0.15) is 0 Å². The minimum atomic E-state index is 0.399. The van der Waals surface area contributed by atoms with E-state index in [0.717, 1.165) is 36.7 Å². The maximum atomic E-state index is 5.33. The average Bonchev–Trinajstić information content (AvgIpc) is 2.66. The number of aromatic amines is 1. The summed E-state index contributed by atoms with van der Waals surface area (Å²) in [6, 6.07) is 0. The first kappa shape index (κ1) is 9.80. The molecule has 2 rings (SSSR count). The molecule has 4 heteroatoms. The number of H-pyrrole nitrogens is 1. The van der Waals surface area contributed by atoms with Crippen molar-refractivity contribution in [3.05, 3.63) is 21.7 Å². The Morgan fingerprint density at radius 1 is 1.50 bits per heavy atom. The normalized spacial score (nSPS) is 21.4. The first-order chi connectivity index (χ1) is 6.68. The molecule has 1 fully saturated rings. The summed E-state index contributed by atoms with van der Waals surface area (Å²) in [5.74, 6) is 1.38. The lowest BCUT2D eigenvalue weighted by Crippen LogP contribution is -2.06. The van der Waals surface area contributed by atoms with E-state index in [9.17, 15) is 0 Å². The van der Waals surface area contributed by atoms with Crippen LogP contribution in [0.1, 0.15) is 29.4 Å². The van der Waals surface area contributed by atoms with Crippen molar-refractivity contribution < 1.29 is 4.74 Å². The third-order valence-electron chi connectivity index (χ3n) is 2.74. The van der Waals surface area contributed by atoms with Crippen molar-refractivity contribution in [2.24, 2.45) is 0 Å². The Morgan fingerprint density at radius 2 is 2.29 bits per heavy atom. The van der Waals surface area contributed by atoms with Gasteiger partial charge in [-0.25, -0.2) is 4.98 Å². The van der Waals surface area contributed by atoms with Crippen molar-refractivity contribution in [1.29, 1.82) is 0 Å². The number of rotatable bonds is 1. The second-order valence-corrected chi connectivity index (χ2v) is 4.12. The lowest BCUT2D eigenvalue weighted by molar-refractivity contribution is 0.193. The van der Waals surface area contributed by atoms with Gasteiger partial charge in [-0.15, -0.1) is 0 Å². The molecule has 0 bridgehead atoms. The molecule has 0 saturated carbocycles. The predicted octanol–water partition coefficient (Wildman–Crippen LogP) is 2.26. The zero-order valence-corrected chi connectivity index (χ0v) is 9.28. The van der Waals surface area contributed by atoms with E-state index in [1.165, 1.54) is 0 Å². The van der Waals surface area contributed by atoms with Crippen molar-refractivity contribution in [3.63, 3.8) is 0 Å². The van der Waals surface area contributed by atoms with E-state index in [1.54, 1.807) is 0 Å². The fraction of sp³-hybridized carbons (Fsp3) is 0.600. The van der Waals surface area contributed by atoms with Gasteiger partial charge >= 0.3 is 0 Å². The van der Waals surface area contributed by atoms with Crippen LogP contribution in [-0.2, 0) is 4.74 Å². The van der Waals surface area contributed by atoms with Crippen LogP contribution in [0.4, 0.5) is 0 Å². The topological polar surface area (TPSA) is 37.9 Å². The molecule has 1 atom stereocenters. The van der Waals surface area contributed by atoms with Crippen LogP contribution in [0, 0.1) is 18.5 Å². The highest BCUT2D eigenvalue weighted by Gasteiger charge is 2.20. The first-order valence-corrected chi connectivity index (χ1v) is 5.24. The second-order valence-electron chi connectivity index (χ2n) is 3.74. The van der Waals surface area contributed by atoms with Crippen molar-refractivity contribution in [1.82, 2.24) is 9.97 Å². The lowest BCUT2D eigenvalue weighted by Gasteiger charge is -2.09. The molecule has 1 aromatic heterocycles. The summed E-state index contributed by atoms with van der Waals surface area (Å²) < 4.78 is 6.04. The van der Waals surface area contributed by atoms with Gasteiger partial charge in [-0.3, -0.25) is 0 Å². The Balaban J connectivity index is 2.39. The van der Waals surface area contributed by atoms with E-state index >= 15 is 0 Å². The molecule has 1 saturated heterocycles. The average molecular weight is 210 g/mol. The van der Waals surface area contributed by atoms with Crippen LogP contribution in [-0.4, -0.2) is 23.2 Å². The highest BCUT2D eigenvalue weighted by atomic mass is 32.1. The maximum Gasteiger partial charge on any atom is 0.132 e. The molecule has 1 N–H and O–H groups in total. The fourth-order valence-electron chi connectivity index (χ4n) is 1.61. The molecule has 0 spiro atoms. The van der Waals surface area contributed by atoms with Gasteiger partial charge in [0.1, 0.15) is 10.5 Å². The highest BCUT2D eigenvalue weighted by molar-refractivity contribution is 7.71. The standard InChI is InChI=1S/C10H14N2OS/c1-6-7(2)11-9(12-10(6)14)8-3-4-13-5-8/h8H,3-5H2,1-2H3,(H,11,12,14). The van der Waals surface area contributed by atoms with Crippen molar-refractivity contribution in [3.8, 4) is 0 Å². The molecule has 1 unspecified atom stereocenters. The summed E-state index contributed by atoms with van der Waals surface area (Å²) >= 11 is 5.19. The summed E-state index contributed by atoms with van der Waals surface area (Å²) in [5.41, 5.74) is 2.19. The summed E-state index contributed by atoms with van der Waals surface area (Å²) in [6.07, 6.45) is 1.04. The van der Waals surface area contributed by atoms with Crippen molar-refractivity contribution in [2.45, 2.75) is 26.2 Å². The molecule has 3 nitrogen and oxygen atoms in total. The largest absolute Gasteiger partial charge is 0.381 e. The molecule has 1 aromatic rings. The molecule has 1 aliphatic rings. The van der Waals surface area contributed by atoms with E-state index in [2.05, 4.69) is 9.97 Å². The van der Waals surface area contributed by atoms with E-state index in [4.69, 9.17) is 17.0 Å². The molecule has 0 aliphatic carbocycles. The number of nitrogens with one attached hydrogen (secondary N) is 1. The Hall–Kier alpha value is -0.740. The first-order valence-electron chi connectivity index (χ1n) is 4.83. The van der Waals surface area contributed by atoms with Crippen LogP contribution in [0.3, 0.4) is 0 Å². The van der Waals surface area contributed by atoms with E-state index in [-0.39, 0.29) is 0 Å². The highest BCUT2D eigenvalue weighted by Crippen LogP contribution is 2.22. The third-order valence-corrected chi connectivity index (χ3v) is 3.13. The van der Waals surface area contributed by atoms with Gasteiger partial charge in [0.25, 0.3) is 0 Å². The van der Waals surface area contributed by atoms with Gasteiger partial charge in [0.2, 0.25) is 0 Å². The van der Waals surface area contributed by atoms with Crippen LogP contribution in [0.25, 0.3) is 0 Å². The van der Waals surface area contributed by atoms with Crippen LogP contribution >= 0.6 is 12.2 Å². The minimum Gasteiger partial charge on any atom is -0.381 e. The minimum absolute atomic E-state index is 0.399. The maximum absolute atomic E-state index is 5.33. The smallest absolute Gasteiger partial charge is 0.132 e. The molecular formula is C10H14N2OS. The fourth-order valence-corrected chi connectivity index (χ4v) is 1.86. The molecule has 14 heavy (non-hydrogen) atoms. The summed E-state index contributed by atoms with van der Waals surface area (Å²) in [7, 11) is 0. The number of hydrogen-bond donors (Lipinski definition) is 1. The van der Waals surface area contributed by atoms with E-state index in [0.29, 0.717) is 10.6 Å². The number of nitrogens with zero attached hydrogens (tertiary/aromatic N) is 1. The second kappa shape index (κ2) is 3.79. The Labute approximate surface area is 88.5 Å². The predicted molar refractivity (Wildman–Crippen MR) is 57.1 cm³/mol. The summed E-state index contributed by atoms with van der Waals surface area (Å²) in [4.78, 5) is 7.70. The Morgan fingerprint density at radius 3 is 2.86 bits per heavy atom. The molecule has 0 amide bonds. The molecule has 0 radical (unpaired) electrons. The quantitative estimate of drug-likeness (QED) is 0.722. The van der Waals surface area contributed by atoms with Gasteiger partial charge < -0.3 is 9.72 Å². The molecule has 76 valence electrons. The van der Waals surface area contributed by atoms with E-state index in [1.807, 2.05) is 13.8 Å². The molecule has 2 heterocycles. The van der Waals surface area contributed by atoms with Crippen molar-refractivity contribution >= 4 is 12.2 Å². The Bertz CT molecular complexity index is 394. The monoisotopic (exact) mass is 210 g/mol. The lowest BCUT2D eigenvalue weighted by atomic mass is 10.1. The SMILES string of the molecule is Cc1[nH]c(C2CCOC2)nc(=S)c1C. The van der Waals surface area contributed by atoms with Gasteiger partial charge in [0.05, 0.1) is 6.61 Å². The number of ether oxygens (including phenoxy) is 1. The summed E-state index contributed by atoms with van der Waals surface area (Å²) in [6.45, 7) is 5.63. The zero-order chi connectivity index (χ0) is 10.1. The molecule has 1 aliphatic heterocycles. The zero-order valence-electron chi connectivity index (χ0n) is 8.46. The van der Waals surface area contributed by atoms with E-state index < -0.39 is 0 Å². The Kier molecular flexibility index (Phi) is 2.65. The number of hydrogen-bond acceptors (Lipinski definition) is 3. The van der Waals surface area contributed by atoms with Gasteiger partial charge in [-0.05, 0) is 20.3 Å². The van der Waals surface area contributed by atoms with Gasteiger partial charge in [0.15, 0.2) is 0 Å². The molecule has 0 aromatic carbocycles. The molecular weight excluding hydrogens is 196 g/mol. The number of aromatic nitrogens is 2. The van der Waals surface area contributed by atoms with Crippen molar-refractivity contribution in [2.75, 3.05) is 13.2 Å². The van der Waals surface area contributed by atoms with Crippen LogP contribution in [0.2, 0.25) is 0 Å².